The highest BCUT2D eigenvalue weighted by Crippen LogP contribution is 2.42. The SMILES string of the molecule is COc1ccc2c(c1)[C@H]1C[C@@H]2OC/C=C/C[C@@H](N(C)C(=O)CCCC(F)(F)F)C(=O)N[C@@H](Cc2ccccc2)[C@H](O)CN1. The quantitative estimate of drug-likeness (QED) is 0.406. The molecule has 43 heavy (non-hydrogen) atoms. The zero-order valence-electron chi connectivity index (χ0n) is 24.5. The minimum atomic E-state index is -4.36. The smallest absolute Gasteiger partial charge is 0.389 e. The van der Waals surface area contributed by atoms with E-state index in [0.29, 0.717) is 12.8 Å². The Morgan fingerprint density at radius 3 is 2.63 bits per heavy atom. The number of nitrogens with zero attached hydrogens (tertiary/aromatic N) is 1. The van der Waals surface area contributed by atoms with Gasteiger partial charge in [-0.1, -0.05) is 48.6 Å². The molecule has 234 valence electrons. The van der Waals surface area contributed by atoms with Gasteiger partial charge in [-0.25, -0.2) is 0 Å². The number of fused-ring (bicyclic) bond motifs is 5. The summed E-state index contributed by atoms with van der Waals surface area (Å²) in [7, 11) is 3.03. The first-order chi connectivity index (χ1) is 20.6. The van der Waals surface area contributed by atoms with E-state index in [1.54, 1.807) is 19.3 Å². The summed E-state index contributed by atoms with van der Waals surface area (Å²) < 4.78 is 49.6. The number of alkyl halides is 3. The van der Waals surface area contributed by atoms with E-state index >= 15 is 0 Å². The van der Waals surface area contributed by atoms with Crippen LogP contribution in [0, 0.1) is 0 Å². The number of likely N-dealkylation sites (N-methyl/N-ethyl adjacent to an activating group) is 1. The maximum Gasteiger partial charge on any atom is 0.389 e. The van der Waals surface area contributed by atoms with Crippen LogP contribution in [0.25, 0.3) is 0 Å². The molecule has 3 N–H and O–H groups in total. The predicted octanol–water partition coefficient (Wildman–Crippen LogP) is 4.40. The zero-order chi connectivity index (χ0) is 31.0. The molecule has 0 saturated carbocycles. The standard InChI is InChI=1S/C32H40F3N3O5/c1-38(30(40)12-8-15-32(33,34)35)27-11-6-7-16-43-29-19-25(24-18-22(42-2)13-14-23(24)29)36-20-28(39)26(37-31(27)41)17-21-9-4-3-5-10-21/h3-7,9-10,13-14,18,25-29,36,39H,8,11-12,15-17,19-20H2,1-2H3,(H,37,41)/b7-6+/t25-,26+,27-,28-,29+/m1/s1. The molecule has 0 spiro atoms. The largest absolute Gasteiger partial charge is 0.497 e. The lowest BCUT2D eigenvalue weighted by molar-refractivity contribution is -0.143. The Hall–Kier alpha value is -3.41. The second kappa shape index (κ2) is 14.9. The van der Waals surface area contributed by atoms with Crippen molar-refractivity contribution in [1.82, 2.24) is 15.5 Å². The summed E-state index contributed by atoms with van der Waals surface area (Å²) in [5.74, 6) is -0.333. The fourth-order valence-electron chi connectivity index (χ4n) is 5.63. The fourth-order valence-corrected chi connectivity index (χ4v) is 5.63. The van der Waals surface area contributed by atoms with Crippen LogP contribution in [-0.4, -0.2) is 73.5 Å². The van der Waals surface area contributed by atoms with Crippen molar-refractivity contribution in [3.8, 4) is 5.75 Å². The highest BCUT2D eigenvalue weighted by atomic mass is 19.4. The Labute approximate surface area is 250 Å². The summed E-state index contributed by atoms with van der Waals surface area (Å²) in [6, 6.07) is 13.5. The van der Waals surface area contributed by atoms with Crippen LogP contribution >= 0.6 is 0 Å². The van der Waals surface area contributed by atoms with Gasteiger partial charge in [-0.3, -0.25) is 9.59 Å². The molecule has 5 atom stereocenters. The van der Waals surface area contributed by atoms with E-state index in [2.05, 4.69) is 10.6 Å². The molecule has 0 saturated heterocycles. The topological polar surface area (TPSA) is 100 Å². The first kappa shape index (κ1) is 32.5. The number of ether oxygens (including phenoxy) is 2. The van der Waals surface area contributed by atoms with E-state index < -0.39 is 42.6 Å². The number of aliphatic hydroxyl groups excluding tert-OH is 1. The van der Waals surface area contributed by atoms with E-state index in [-0.39, 0.29) is 44.6 Å². The second-order valence-electron chi connectivity index (χ2n) is 11.1. The Balaban J connectivity index is 1.58. The van der Waals surface area contributed by atoms with E-state index in [1.807, 2.05) is 48.5 Å². The van der Waals surface area contributed by atoms with Crippen LogP contribution in [0.4, 0.5) is 13.2 Å². The molecule has 2 aliphatic rings. The van der Waals surface area contributed by atoms with E-state index in [0.717, 1.165) is 22.4 Å². The average Bonchev–Trinajstić information content (AvgIpc) is 3.32. The number of benzene rings is 2. The molecular formula is C32H40F3N3O5. The normalized spacial score (nSPS) is 25.5. The number of β-amino-alcohol motifs (C(OH)–C–C–N with tert-alkyl or cyclic N) is 1. The van der Waals surface area contributed by atoms with Crippen molar-refractivity contribution >= 4 is 11.8 Å². The molecular weight excluding hydrogens is 563 g/mol. The number of rotatable bonds is 7. The molecule has 1 aliphatic carbocycles. The molecule has 1 heterocycles. The van der Waals surface area contributed by atoms with Gasteiger partial charge in [0.1, 0.15) is 11.8 Å². The van der Waals surface area contributed by atoms with Gasteiger partial charge in [-0.2, -0.15) is 13.2 Å². The van der Waals surface area contributed by atoms with Crippen molar-refractivity contribution in [3.63, 3.8) is 0 Å². The number of carbonyl (C=O) groups is 2. The molecule has 1 aliphatic heterocycles. The summed E-state index contributed by atoms with van der Waals surface area (Å²) in [6.07, 6.45) is -2.68. The number of carbonyl (C=O) groups excluding carboxylic acids is 2. The van der Waals surface area contributed by atoms with Crippen molar-refractivity contribution < 1.29 is 37.3 Å². The highest BCUT2D eigenvalue weighted by Gasteiger charge is 2.35. The molecule has 0 fully saturated rings. The maximum absolute atomic E-state index is 13.6. The van der Waals surface area contributed by atoms with Crippen LogP contribution in [0.1, 0.15) is 60.9 Å². The van der Waals surface area contributed by atoms with Gasteiger partial charge < -0.3 is 30.1 Å². The van der Waals surface area contributed by atoms with Gasteiger partial charge in [0.2, 0.25) is 11.8 Å². The zero-order valence-corrected chi connectivity index (χ0v) is 24.5. The Kier molecular flexibility index (Phi) is 11.2. The van der Waals surface area contributed by atoms with E-state index in [1.165, 1.54) is 11.9 Å². The summed E-state index contributed by atoms with van der Waals surface area (Å²) in [6.45, 7) is 0.431. The molecule has 4 rings (SSSR count). The van der Waals surface area contributed by atoms with Gasteiger partial charge in [0.25, 0.3) is 0 Å². The molecule has 8 nitrogen and oxygen atoms in total. The van der Waals surface area contributed by atoms with Crippen LogP contribution in [0.5, 0.6) is 5.75 Å². The van der Waals surface area contributed by atoms with E-state index in [9.17, 15) is 27.9 Å². The lowest BCUT2D eigenvalue weighted by atomic mass is 9.99. The highest BCUT2D eigenvalue weighted by molar-refractivity contribution is 5.88. The fraction of sp³-hybridized carbons (Fsp3) is 0.500. The van der Waals surface area contributed by atoms with Crippen LogP contribution in [-0.2, 0) is 20.7 Å². The van der Waals surface area contributed by atoms with E-state index in [4.69, 9.17) is 9.47 Å². The van der Waals surface area contributed by atoms with Crippen LogP contribution < -0.4 is 15.4 Å². The minimum Gasteiger partial charge on any atom is -0.497 e. The number of hydrogen-bond donors (Lipinski definition) is 3. The molecule has 0 unspecified atom stereocenters. The number of aliphatic hydroxyl groups is 1. The third kappa shape index (κ3) is 9.04. The minimum absolute atomic E-state index is 0.111. The molecule has 11 heteroatoms. The molecule has 2 bridgehead atoms. The molecule has 2 amide bonds. The van der Waals surface area contributed by atoms with Crippen LogP contribution in [0.2, 0.25) is 0 Å². The van der Waals surface area contributed by atoms with Crippen molar-refractivity contribution in [1.29, 1.82) is 0 Å². The van der Waals surface area contributed by atoms with Gasteiger partial charge in [0, 0.05) is 32.5 Å². The van der Waals surface area contributed by atoms with Crippen molar-refractivity contribution in [3.05, 3.63) is 77.4 Å². The van der Waals surface area contributed by atoms with Gasteiger partial charge >= 0.3 is 6.18 Å². The van der Waals surface area contributed by atoms with Crippen LogP contribution in [0.15, 0.2) is 60.7 Å². The van der Waals surface area contributed by atoms with Crippen molar-refractivity contribution in [2.24, 2.45) is 0 Å². The average molecular weight is 604 g/mol. The lowest BCUT2D eigenvalue weighted by Gasteiger charge is -2.31. The summed E-state index contributed by atoms with van der Waals surface area (Å²) in [4.78, 5) is 27.7. The van der Waals surface area contributed by atoms with Gasteiger partial charge in [-0.15, -0.1) is 0 Å². The molecule has 2 aromatic carbocycles. The van der Waals surface area contributed by atoms with Crippen molar-refractivity contribution in [2.75, 3.05) is 27.3 Å². The second-order valence-corrected chi connectivity index (χ2v) is 11.1. The Bertz CT molecular complexity index is 1260. The number of halogens is 3. The summed E-state index contributed by atoms with van der Waals surface area (Å²) in [5.41, 5.74) is 2.97. The number of methoxy groups -OCH3 is 1. The van der Waals surface area contributed by atoms with Gasteiger partial charge in [0.15, 0.2) is 0 Å². The van der Waals surface area contributed by atoms with Crippen LogP contribution in [0.3, 0.4) is 0 Å². The lowest BCUT2D eigenvalue weighted by Crippen LogP contribution is -2.55. The number of hydrogen-bond acceptors (Lipinski definition) is 6. The summed E-state index contributed by atoms with van der Waals surface area (Å²) >= 11 is 0. The number of amides is 2. The van der Waals surface area contributed by atoms with Gasteiger partial charge in [0.05, 0.1) is 32.0 Å². The summed E-state index contributed by atoms with van der Waals surface area (Å²) in [5, 5.41) is 17.8. The van der Waals surface area contributed by atoms with Gasteiger partial charge in [-0.05, 0) is 54.5 Å². The monoisotopic (exact) mass is 603 g/mol. The molecule has 0 radical (unpaired) electrons. The first-order valence-electron chi connectivity index (χ1n) is 14.6. The molecule has 2 aromatic rings. The predicted molar refractivity (Wildman–Crippen MR) is 155 cm³/mol. The Morgan fingerprint density at radius 1 is 1.14 bits per heavy atom. The Morgan fingerprint density at radius 2 is 1.91 bits per heavy atom. The third-order valence-corrected chi connectivity index (χ3v) is 8.06. The number of nitrogens with one attached hydrogen (secondary N) is 2. The third-order valence-electron chi connectivity index (χ3n) is 8.06. The maximum atomic E-state index is 13.6. The first-order valence-corrected chi connectivity index (χ1v) is 14.6. The molecule has 0 aromatic heterocycles. The van der Waals surface area contributed by atoms with Crippen molar-refractivity contribution in [2.45, 2.75) is 75.0 Å².